The van der Waals surface area contributed by atoms with Gasteiger partial charge in [-0.15, -0.1) is 0 Å². The maximum atomic E-state index is 2.45. The van der Waals surface area contributed by atoms with E-state index in [1.165, 1.54) is 25.7 Å². The molecule has 0 saturated heterocycles. The molecule has 0 atom stereocenters. The molecule has 0 heterocycles. The Morgan fingerprint density at radius 1 is 1.25 bits per heavy atom. The van der Waals surface area contributed by atoms with Crippen LogP contribution in [-0.2, 0) is 0 Å². The molecule has 0 unspecified atom stereocenters. The van der Waals surface area contributed by atoms with Crippen LogP contribution >= 0.6 is 0 Å². The second kappa shape index (κ2) is 4.08. The molecule has 68 valence electrons. The van der Waals surface area contributed by atoms with Crippen LogP contribution in [0.1, 0.15) is 25.7 Å². The van der Waals surface area contributed by atoms with Crippen molar-refractivity contribution in [3.8, 4) is 0 Å². The fourth-order valence-electron chi connectivity index (χ4n) is 1.37. The van der Waals surface area contributed by atoms with Gasteiger partial charge in [0.2, 0.25) is 0 Å². The van der Waals surface area contributed by atoms with Crippen molar-refractivity contribution < 1.29 is 0 Å². The van der Waals surface area contributed by atoms with E-state index in [-0.39, 0.29) is 0 Å². The first-order valence-electron chi connectivity index (χ1n) is 4.96. The van der Waals surface area contributed by atoms with Crippen molar-refractivity contribution >= 4 is 8.07 Å². The van der Waals surface area contributed by atoms with Crippen molar-refractivity contribution in [2.45, 2.75) is 45.3 Å². The molecule has 0 bridgehead atoms. The molecule has 0 fully saturated rings. The van der Waals surface area contributed by atoms with E-state index in [1.807, 2.05) is 0 Å². The van der Waals surface area contributed by atoms with E-state index < -0.39 is 8.07 Å². The molecule has 12 heavy (non-hydrogen) atoms. The number of rotatable bonds is 2. The smallest absolute Gasteiger partial charge is 0.0687 e. The van der Waals surface area contributed by atoms with E-state index in [0.717, 1.165) is 0 Å². The van der Waals surface area contributed by atoms with Gasteiger partial charge in [0.1, 0.15) is 0 Å². The van der Waals surface area contributed by atoms with Gasteiger partial charge in [-0.1, -0.05) is 43.1 Å². The van der Waals surface area contributed by atoms with Crippen molar-refractivity contribution in [2.24, 2.45) is 0 Å². The second-order valence-electron chi connectivity index (χ2n) is 4.72. The third kappa shape index (κ3) is 3.91. The fraction of sp³-hybridized carbons (Fsp3) is 0.636. The zero-order chi connectivity index (χ0) is 9.03. The SMILES string of the molecule is C[Si](C)(C)/C=C\C1=CCCCC1. The summed E-state index contributed by atoms with van der Waals surface area (Å²) in [5.41, 5.74) is 4.02. The van der Waals surface area contributed by atoms with Crippen molar-refractivity contribution in [1.82, 2.24) is 0 Å². The zero-order valence-electron chi connectivity index (χ0n) is 8.56. The molecule has 0 spiro atoms. The van der Waals surface area contributed by atoms with Crippen molar-refractivity contribution in [1.29, 1.82) is 0 Å². The maximum Gasteiger partial charge on any atom is 0.0687 e. The molecule has 1 aliphatic rings. The summed E-state index contributed by atoms with van der Waals surface area (Å²) in [5, 5.41) is 0. The summed E-state index contributed by atoms with van der Waals surface area (Å²) in [5.74, 6) is 0. The van der Waals surface area contributed by atoms with Crippen LogP contribution in [0.4, 0.5) is 0 Å². The number of hydrogen-bond donors (Lipinski definition) is 0. The highest BCUT2D eigenvalue weighted by Gasteiger charge is 2.07. The third-order valence-corrected chi connectivity index (χ3v) is 3.29. The van der Waals surface area contributed by atoms with Crippen LogP contribution in [-0.4, -0.2) is 8.07 Å². The Kier molecular flexibility index (Phi) is 3.33. The Morgan fingerprint density at radius 2 is 2.00 bits per heavy atom. The average Bonchev–Trinajstić information content (AvgIpc) is 2.02. The minimum atomic E-state index is -0.963. The number of allylic oxidation sites excluding steroid dienone is 3. The monoisotopic (exact) mass is 180 g/mol. The summed E-state index contributed by atoms with van der Waals surface area (Å²) in [7, 11) is -0.963. The second-order valence-corrected chi connectivity index (χ2v) is 9.79. The van der Waals surface area contributed by atoms with Crippen LogP contribution in [0.2, 0.25) is 19.6 Å². The summed E-state index contributed by atoms with van der Waals surface area (Å²) in [6, 6.07) is 0. The molecular weight excluding hydrogens is 160 g/mol. The lowest BCUT2D eigenvalue weighted by Gasteiger charge is -2.12. The Labute approximate surface area is 77.4 Å². The number of hydrogen-bond acceptors (Lipinski definition) is 0. The zero-order valence-corrected chi connectivity index (χ0v) is 9.56. The van der Waals surface area contributed by atoms with E-state index in [4.69, 9.17) is 0 Å². The summed E-state index contributed by atoms with van der Waals surface area (Å²) in [4.78, 5) is 0. The summed E-state index contributed by atoms with van der Waals surface area (Å²) in [6.07, 6.45) is 10.2. The van der Waals surface area contributed by atoms with Crippen molar-refractivity contribution in [2.75, 3.05) is 0 Å². The lowest BCUT2D eigenvalue weighted by atomic mass is 10.00. The Morgan fingerprint density at radius 3 is 2.50 bits per heavy atom. The molecule has 0 N–H and O–H groups in total. The molecule has 1 rings (SSSR count). The van der Waals surface area contributed by atoms with Gasteiger partial charge in [-0.2, -0.15) is 0 Å². The summed E-state index contributed by atoms with van der Waals surface area (Å²) >= 11 is 0. The third-order valence-electron chi connectivity index (χ3n) is 2.12. The molecular formula is C11H20Si. The van der Waals surface area contributed by atoms with Crippen LogP contribution < -0.4 is 0 Å². The van der Waals surface area contributed by atoms with Gasteiger partial charge in [0, 0.05) is 0 Å². The summed E-state index contributed by atoms with van der Waals surface area (Å²) < 4.78 is 0. The molecule has 0 radical (unpaired) electrons. The minimum Gasteiger partial charge on any atom is -0.0947 e. The molecule has 0 amide bonds. The van der Waals surface area contributed by atoms with Crippen LogP contribution in [0, 0.1) is 0 Å². The molecule has 0 aromatic carbocycles. The quantitative estimate of drug-likeness (QED) is 0.565. The topological polar surface area (TPSA) is 0 Å². The molecule has 1 aliphatic carbocycles. The molecule has 0 nitrogen and oxygen atoms in total. The highest BCUT2D eigenvalue weighted by atomic mass is 28.3. The highest BCUT2D eigenvalue weighted by Crippen LogP contribution is 2.19. The molecule has 0 aromatic rings. The molecule has 0 aliphatic heterocycles. The molecule has 1 heteroatoms. The lowest BCUT2D eigenvalue weighted by Crippen LogP contribution is -2.15. The van der Waals surface area contributed by atoms with Crippen LogP contribution in [0.5, 0.6) is 0 Å². The predicted octanol–water partition coefficient (Wildman–Crippen LogP) is 3.92. The van der Waals surface area contributed by atoms with Gasteiger partial charge in [0.05, 0.1) is 8.07 Å². The largest absolute Gasteiger partial charge is 0.0947 e. The van der Waals surface area contributed by atoms with Crippen molar-refractivity contribution in [3.63, 3.8) is 0 Å². The van der Waals surface area contributed by atoms with E-state index in [2.05, 4.69) is 37.5 Å². The minimum absolute atomic E-state index is 0.963. The van der Waals surface area contributed by atoms with Gasteiger partial charge in [-0.3, -0.25) is 0 Å². The van der Waals surface area contributed by atoms with Gasteiger partial charge in [0.25, 0.3) is 0 Å². The molecule has 0 saturated carbocycles. The van der Waals surface area contributed by atoms with Gasteiger partial charge < -0.3 is 0 Å². The Bertz CT molecular complexity index is 194. The average molecular weight is 180 g/mol. The normalized spacial score (nSPS) is 19.8. The predicted molar refractivity (Wildman–Crippen MR) is 59.0 cm³/mol. The van der Waals surface area contributed by atoms with Crippen LogP contribution in [0.15, 0.2) is 23.4 Å². The van der Waals surface area contributed by atoms with E-state index in [1.54, 1.807) is 5.57 Å². The molecule has 0 aromatic heterocycles. The highest BCUT2D eigenvalue weighted by molar-refractivity contribution is 6.81. The first kappa shape index (κ1) is 9.78. The lowest BCUT2D eigenvalue weighted by molar-refractivity contribution is 0.712. The first-order chi connectivity index (χ1) is 5.58. The summed E-state index contributed by atoms with van der Waals surface area (Å²) in [6.45, 7) is 7.15. The van der Waals surface area contributed by atoms with Crippen LogP contribution in [0.3, 0.4) is 0 Å². The van der Waals surface area contributed by atoms with Gasteiger partial charge in [-0.25, -0.2) is 0 Å². The van der Waals surface area contributed by atoms with E-state index in [9.17, 15) is 0 Å². The van der Waals surface area contributed by atoms with Gasteiger partial charge in [0.15, 0.2) is 0 Å². The Balaban J connectivity index is 2.49. The van der Waals surface area contributed by atoms with E-state index >= 15 is 0 Å². The van der Waals surface area contributed by atoms with E-state index in [0.29, 0.717) is 0 Å². The van der Waals surface area contributed by atoms with Crippen molar-refractivity contribution in [3.05, 3.63) is 23.4 Å². The van der Waals surface area contributed by atoms with Gasteiger partial charge >= 0.3 is 0 Å². The first-order valence-corrected chi connectivity index (χ1v) is 8.54. The standard InChI is InChI=1S/C11H20Si/c1-12(2,3)10-9-11-7-5-4-6-8-11/h7,9-10H,4-6,8H2,1-3H3/b10-9-. The fourth-order valence-corrected chi connectivity index (χ4v) is 2.09. The maximum absolute atomic E-state index is 2.45. The van der Waals surface area contributed by atoms with Crippen LogP contribution in [0.25, 0.3) is 0 Å². The Hall–Kier alpha value is -0.303. The van der Waals surface area contributed by atoms with Gasteiger partial charge in [-0.05, 0) is 25.7 Å².